The summed E-state index contributed by atoms with van der Waals surface area (Å²) in [5.41, 5.74) is 0.355. The molecule has 0 aliphatic carbocycles. The molecule has 1 unspecified atom stereocenters. The van der Waals surface area contributed by atoms with Gasteiger partial charge < -0.3 is 9.42 Å². The van der Waals surface area contributed by atoms with E-state index < -0.39 is 5.82 Å². The molecule has 0 bridgehead atoms. The lowest BCUT2D eigenvalue weighted by molar-refractivity contribution is -0.117. The lowest BCUT2D eigenvalue weighted by Gasteiger charge is -2.16. The predicted octanol–water partition coefficient (Wildman–Crippen LogP) is 3.68. The van der Waals surface area contributed by atoms with Crippen molar-refractivity contribution in [1.82, 2.24) is 10.1 Å². The van der Waals surface area contributed by atoms with E-state index in [4.69, 9.17) is 16.1 Å². The van der Waals surface area contributed by atoms with Crippen LogP contribution in [0.15, 0.2) is 22.7 Å². The van der Waals surface area contributed by atoms with Crippen LogP contribution in [-0.4, -0.2) is 22.6 Å². The summed E-state index contributed by atoms with van der Waals surface area (Å²) in [6, 6.07) is 4.24. The van der Waals surface area contributed by atoms with Crippen LogP contribution in [0.4, 0.5) is 10.1 Å². The van der Waals surface area contributed by atoms with Crippen LogP contribution >= 0.6 is 11.6 Å². The van der Waals surface area contributed by atoms with Crippen molar-refractivity contribution < 1.29 is 13.7 Å². The summed E-state index contributed by atoms with van der Waals surface area (Å²) in [5, 5.41) is 3.99. The van der Waals surface area contributed by atoms with E-state index in [1.807, 2.05) is 20.8 Å². The number of nitrogens with zero attached hydrogens (tertiary/aromatic N) is 3. The minimum absolute atomic E-state index is 0.00782. The van der Waals surface area contributed by atoms with Crippen molar-refractivity contribution in [2.45, 2.75) is 38.5 Å². The van der Waals surface area contributed by atoms with Gasteiger partial charge in [0.2, 0.25) is 11.8 Å². The molecule has 0 spiro atoms. The van der Waals surface area contributed by atoms with Crippen LogP contribution < -0.4 is 4.90 Å². The summed E-state index contributed by atoms with van der Waals surface area (Å²) in [5.74, 6) is 0.315. The Bertz CT molecular complexity index is 754. The van der Waals surface area contributed by atoms with E-state index in [9.17, 15) is 9.18 Å². The zero-order valence-corrected chi connectivity index (χ0v) is 13.9. The molecule has 1 aromatic heterocycles. The molecular formula is C16H17ClFN3O2. The van der Waals surface area contributed by atoms with Gasteiger partial charge in [0.1, 0.15) is 5.82 Å². The molecule has 3 rings (SSSR count). The van der Waals surface area contributed by atoms with Crippen LogP contribution in [0.1, 0.15) is 44.8 Å². The minimum Gasteiger partial charge on any atom is -0.339 e. The van der Waals surface area contributed by atoms with E-state index in [1.54, 1.807) is 4.90 Å². The number of rotatable bonds is 2. The third-order valence-corrected chi connectivity index (χ3v) is 4.09. The Kier molecular flexibility index (Phi) is 3.88. The number of amides is 1. The van der Waals surface area contributed by atoms with Gasteiger partial charge in [-0.05, 0) is 18.2 Å². The van der Waals surface area contributed by atoms with Gasteiger partial charge in [-0.1, -0.05) is 37.5 Å². The van der Waals surface area contributed by atoms with Gasteiger partial charge in [-0.15, -0.1) is 0 Å². The lowest BCUT2D eigenvalue weighted by Crippen LogP contribution is -2.24. The fourth-order valence-corrected chi connectivity index (χ4v) is 2.66. The standard InChI is InChI=1S/C16H17ClFN3O2/c1-16(2,3)15-19-14(23-20-15)9-6-13(22)21(8-9)10-4-5-12(18)11(17)7-10/h4-5,7,9H,6,8H2,1-3H3. The molecule has 2 aromatic rings. The maximum absolute atomic E-state index is 13.3. The van der Waals surface area contributed by atoms with Gasteiger partial charge in [-0.3, -0.25) is 4.79 Å². The van der Waals surface area contributed by atoms with Crippen molar-refractivity contribution in [1.29, 1.82) is 0 Å². The normalized spacial score (nSPS) is 18.7. The second-order valence-corrected chi connectivity index (χ2v) is 7.12. The predicted molar refractivity (Wildman–Crippen MR) is 84.1 cm³/mol. The highest BCUT2D eigenvalue weighted by atomic mass is 35.5. The van der Waals surface area contributed by atoms with Crippen molar-refractivity contribution in [2.75, 3.05) is 11.4 Å². The number of halogens is 2. The average Bonchev–Trinajstić information content (AvgIpc) is 3.08. The Hall–Kier alpha value is -1.95. The molecular weight excluding hydrogens is 321 g/mol. The van der Waals surface area contributed by atoms with Gasteiger partial charge in [0.25, 0.3) is 0 Å². The fraction of sp³-hybridized carbons (Fsp3) is 0.438. The van der Waals surface area contributed by atoms with Crippen molar-refractivity contribution in [3.05, 3.63) is 40.8 Å². The van der Waals surface area contributed by atoms with Gasteiger partial charge in [0, 0.05) is 24.1 Å². The molecule has 1 aliphatic heterocycles. The quantitative estimate of drug-likeness (QED) is 0.838. The third kappa shape index (κ3) is 3.08. The summed E-state index contributed by atoms with van der Waals surface area (Å²) >= 11 is 5.79. The van der Waals surface area contributed by atoms with Gasteiger partial charge in [0.05, 0.1) is 10.9 Å². The van der Waals surface area contributed by atoms with Gasteiger partial charge >= 0.3 is 0 Å². The molecule has 7 heteroatoms. The van der Waals surface area contributed by atoms with Crippen molar-refractivity contribution in [3.63, 3.8) is 0 Å². The van der Waals surface area contributed by atoms with Crippen LogP contribution in [0.3, 0.4) is 0 Å². The zero-order valence-electron chi connectivity index (χ0n) is 13.1. The van der Waals surface area contributed by atoms with Crippen LogP contribution in [0.5, 0.6) is 0 Å². The molecule has 1 aliphatic rings. The highest BCUT2D eigenvalue weighted by Gasteiger charge is 2.36. The Morgan fingerprint density at radius 2 is 2.13 bits per heavy atom. The molecule has 1 atom stereocenters. The van der Waals surface area contributed by atoms with E-state index >= 15 is 0 Å². The topological polar surface area (TPSA) is 59.2 Å². The van der Waals surface area contributed by atoms with Gasteiger partial charge in [-0.25, -0.2) is 4.39 Å². The first-order chi connectivity index (χ1) is 10.8. The minimum atomic E-state index is -0.509. The number of hydrogen-bond acceptors (Lipinski definition) is 4. The van der Waals surface area contributed by atoms with Crippen LogP contribution in [-0.2, 0) is 10.2 Å². The van der Waals surface area contributed by atoms with Crippen LogP contribution in [0.25, 0.3) is 0 Å². The molecule has 122 valence electrons. The van der Waals surface area contributed by atoms with E-state index in [-0.39, 0.29) is 28.7 Å². The van der Waals surface area contributed by atoms with Crippen LogP contribution in [0.2, 0.25) is 5.02 Å². The SMILES string of the molecule is CC(C)(C)c1noc(C2CC(=O)N(c3ccc(F)c(Cl)c3)C2)n1. The third-order valence-electron chi connectivity index (χ3n) is 3.80. The smallest absolute Gasteiger partial charge is 0.232 e. The number of benzene rings is 1. The zero-order chi connectivity index (χ0) is 16.8. The van der Waals surface area contributed by atoms with E-state index in [1.165, 1.54) is 18.2 Å². The number of carbonyl (C=O) groups excluding carboxylic acids is 1. The van der Waals surface area contributed by atoms with Crippen molar-refractivity contribution in [3.8, 4) is 0 Å². The molecule has 0 saturated carbocycles. The molecule has 23 heavy (non-hydrogen) atoms. The Labute approximate surface area is 138 Å². The number of hydrogen-bond donors (Lipinski definition) is 0. The van der Waals surface area contributed by atoms with Gasteiger partial charge in [0.15, 0.2) is 5.82 Å². The maximum atomic E-state index is 13.3. The van der Waals surface area contributed by atoms with E-state index in [2.05, 4.69) is 10.1 Å². The summed E-state index contributed by atoms with van der Waals surface area (Å²) in [6.07, 6.45) is 0.279. The first kappa shape index (κ1) is 15.9. The fourth-order valence-electron chi connectivity index (χ4n) is 2.48. The highest BCUT2D eigenvalue weighted by Crippen LogP contribution is 2.33. The van der Waals surface area contributed by atoms with Crippen molar-refractivity contribution in [2.24, 2.45) is 0 Å². The van der Waals surface area contributed by atoms with E-state index in [0.717, 1.165) is 0 Å². The Morgan fingerprint density at radius 1 is 1.39 bits per heavy atom. The number of carbonyl (C=O) groups is 1. The van der Waals surface area contributed by atoms with Crippen molar-refractivity contribution >= 4 is 23.2 Å². The largest absolute Gasteiger partial charge is 0.339 e. The number of aromatic nitrogens is 2. The summed E-state index contributed by atoms with van der Waals surface area (Å²) in [6.45, 7) is 6.39. The molecule has 1 amide bonds. The highest BCUT2D eigenvalue weighted by molar-refractivity contribution is 6.31. The molecule has 1 saturated heterocycles. The van der Waals surface area contributed by atoms with E-state index in [0.29, 0.717) is 23.9 Å². The first-order valence-corrected chi connectivity index (χ1v) is 7.73. The molecule has 1 aromatic carbocycles. The maximum Gasteiger partial charge on any atom is 0.232 e. The Balaban J connectivity index is 1.82. The molecule has 0 N–H and O–H groups in total. The average molecular weight is 338 g/mol. The Morgan fingerprint density at radius 3 is 2.74 bits per heavy atom. The lowest BCUT2D eigenvalue weighted by atomic mass is 9.96. The summed E-state index contributed by atoms with van der Waals surface area (Å²) in [7, 11) is 0. The first-order valence-electron chi connectivity index (χ1n) is 7.35. The monoisotopic (exact) mass is 337 g/mol. The number of anilines is 1. The second kappa shape index (κ2) is 5.60. The van der Waals surface area contributed by atoms with Gasteiger partial charge in [-0.2, -0.15) is 4.98 Å². The molecule has 0 radical (unpaired) electrons. The molecule has 5 nitrogen and oxygen atoms in total. The van der Waals surface area contributed by atoms with Crippen LogP contribution in [0, 0.1) is 5.82 Å². The molecule has 1 fully saturated rings. The molecule has 2 heterocycles. The second-order valence-electron chi connectivity index (χ2n) is 6.71. The summed E-state index contributed by atoms with van der Waals surface area (Å²) in [4.78, 5) is 18.2. The summed E-state index contributed by atoms with van der Waals surface area (Å²) < 4.78 is 18.6.